The number of aliphatic carboxylic acids is 1. The number of fused-ring (bicyclic) bond motifs is 2. The first-order valence-corrected chi connectivity index (χ1v) is 12.5. The Morgan fingerprint density at radius 3 is 2.06 bits per heavy atom. The molecule has 0 unspecified atom stereocenters. The van der Waals surface area contributed by atoms with Gasteiger partial charge in [-0.05, 0) is 62.4 Å². The van der Waals surface area contributed by atoms with E-state index in [0.717, 1.165) is 0 Å². The number of amides is 2. The van der Waals surface area contributed by atoms with Gasteiger partial charge in [-0.25, -0.2) is 9.59 Å². The maximum Gasteiger partial charge on any atom is 0.408 e. The fourth-order valence-electron chi connectivity index (χ4n) is 4.40. The minimum Gasteiger partial charge on any atom is -0.480 e. The first-order chi connectivity index (χ1) is 16.6. The van der Waals surface area contributed by atoms with Crippen molar-refractivity contribution in [3.05, 3.63) is 65.2 Å². The molecule has 0 radical (unpaired) electrons. The highest BCUT2D eigenvalue weighted by atomic mass is 32.2. The Kier molecular flexibility index (Phi) is 7.21. The third kappa shape index (κ3) is 5.88. The van der Waals surface area contributed by atoms with Crippen LogP contribution in [0.5, 0.6) is 0 Å². The summed E-state index contributed by atoms with van der Waals surface area (Å²) in [5, 5.41) is 11.8. The Morgan fingerprint density at radius 2 is 1.54 bits per heavy atom. The third-order valence-corrected chi connectivity index (χ3v) is 7.13. The van der Waals surface area contributed by atoms with Gasteiger partial charge in [-0.2, -0.15) is 0 Å². The van der Waals surface area contributed by atoms with E-state index in [1.54, 1.807) is 37.4 Å². The number of carbonyl (C=O) groups is 3. The maximum absolute atomic E-state index is 12.9. The SMILES string of the molecule is CC(C)(C)OC(=O)N[C@H](CC(=O)N1CCC(=C2c3ccccc3Sc3ccccc32)CC1)C(=O)O. The van der Waals surface area contributed by atoms with Gasteiger partial charge in [-0.1, -0.05) is 53.7 Å². The predicted octanol–water partition coefficient (Wildman–Crippen LogP) is 4.94. The second kappa shape index (κ2) is 10.2. The number of carbonyl (C=O) groups excluding carboxylic acids is 2. The number of alkyl carbamates (subject to hydrolysis) is 1. The quantitative estimate of drug-likeness (QED) is 0.533. The number of hydrogen-bond acceptors (Lipinski definition) is 5. The van der Waals surface area contributed by atoms with Gasteiger partial charge in [-0.3, -0.25) is 4.79 Å². The summed E-state index contributed by atoms with van der Waals surface area (Å²) in [6, 6.07) is 15.4. The maximum atomic E-state index is 12.9. The van der Waals surface area contributed by atoms with Crippen LogP contribution < -0.4 is 5.32 Å². The van der Waals surface area contributed by atoms with Crippen molar-refractivity contribution in [1.29, 1.82) is 0 Å². The molecule has 4 rings (SSSR count). The number of rotatable bonds is 4. The molecule has 0 aliphatic carbocycles. The number of carboxylic acids is 1. The lowest BCUT2D eigenvalue weighted by Crippen LogP contribution is -2.47. The average Bonchev–Trinajstić information content (AvgIpc) is 2.81. The van der Waals surface area contributed by atoms with Crippen LogP contribution in [0, 0.1) is 0 Å². The zero-order valence-corrected chi connectivity index (χ0v) is 21.0. The third-order valence-electron chi connectivity index (χ3n) is 5.97. The van der Waals surface area contributed by atoms with E-state index >= 15 is 0 Å². The Labute approximate surface area is 209 Å². The predicted molar refractivity (Wildman–Crippen MR) is 134 cm³/mol. The molecule has 2 amide bonds. The van der Waals surface area contributed by atoms with Gasteiger partial charge < -0.3 is 20.1 Å². The van der Waals surface area contributed by atoms with E-state index in [4.69, 9.17) is 4.74 Å². The van der Waals surface area contributed by atoms with E-state index in [9.17, 15) is 19.5 Å². The Balaban J connectivity index is 1.47. The highest BCUT2D eigenvalue weighted by Gasteiger charge is 2.31. The number of likely N-dealkylation sites (tertiary alicyclic amines) is 1. The van der Waals surface area contributed by atoms with Crippen LogP contribution in [0.15, 0.2) is 63.9 Å². The van der Waals surface area contributed by atoms with Crippen LogP contribution in [0.2, 0.25) is 0 Å². The fourth-order valence-corrected chi connectivity index (χ4v) is 5.49. The molecule has 2 aliphatic heterocycles. The van der Waals surface area contributed by atoms with Crippen LogP contribution in [0.4, 0.5) is 4.79 Å². The minimum absolute atomic E-state index is 0.294. The van der Waals surface area contributed by atoms with Gasteiger partial charge in [0.2, 0.25) is 5.91 Å². The topological polar surface area (TPSA) is 95.9 Å². The Bertz CT molecular complexity index is 1130. The first kappa shape index (κ1) is 24.9. The molecule has 1 saturated heterocycles. The number of nitrogens with zero attached hydrogens (tertiary/aromatic N) is 1. The van der Waals surface area contributed by atoms with E-state index in [2.05, 4.69) is 41.7 Å². The molecule has 2 aromatic carbocycles. The standard InChI is InChI=1S/C27H30N2O5S/c1-27(2,3)34-26(33)28-20(25(31)32)16-23(30)29-14-12-17(13-15-29)24-18-8-4-6-10-21(18)35-22-11-7-5-9-19(22)24/h4-11,20H,12-16H2,1-3H3,(H,28,33)(H,31,32)/t20-/m1/s1. The Morgan fingerprint density at radius 1 is 1.00 bits per heavy atom. The number of nitrogens with one attached hydrogen (secondary N) is 1. The fraction of sp³-hybridized carbons (Fsp3) is 0.370. The van der Waals surface area contributed by atoms with Crippen molar-refractivity contribution in [2.24, 2.45) is 0 Å². The summed E-state index contributed by atoms with van der Waals surface area (Å²) >= 11 is 1.77. The van der Waals surface area contributed by atoms with Crippen molar-refractivity contribution >= 4 is 35.3 Å². The Hall–Kier alpha value is -3.26. The summed E-state index contributed by atoms with van der Waals surface area (Å²) in [5.74, 6) is -1.56. The molecule has 0 saturated carbocycles. The van der Waals surface area contributed by atoms with Crippen LogP contribution in [0.3, 0.4) is 0 Å². The lowest BCUT2D eigenvalue weighted by molar-refractivity contribution is -0.143. The van der Waals surface area contributed by atoms with Gasteiger partial charge >= 0.3 is 12.1 Å². The highest BCUT2D eigenvalue weighted by Crippen LogP contribution is 2.47. The van der Waals surface area contributed by atoms with Crippen LogP contribution in [0.1, 0.15) is 51.2 Å². The molecule has 1 fully saturated rings. The van der Waals surface area contributed by atoms with Gasteiger partial charge in [0.25, 0.3) is 0 Å². The smallest absolute Gasteiger partial charge is 0.408 e. The molecular formula is C27H30N2O5S. The second-order valence-electron chi connectivity index (χ2n) is 9.69. The van der Waals surface area contributed by atoms with E-state index in [0.29, 0.717) is 25.9 Å². The van der Waals surface area contributed by atoms with Crippen molar-refractivity contribution in [1.82, 2.24) is 10.2 Å². The number of carboxylic acid groups (broad SMARTS) is 1. The summed E-state index contributed by atoms with van der Waals surface area (Å²) in [6.07, 6.45) is 0.260. The van der Waals surface area contributed by atoms with Crippen molar-refractivity contribution in [3.8, 4) is 0 Å². The van der Waals surface area contributed by atoms with E-state index < -0.39 is 23.7 Å². The second-order valence-corrected chi connectivity index (χ2v) is 10.8. The highest BCUT2D eigenvalue weighted by molar-refractivity contribution is 7.99. The number of piperidine rings is 1. The number of benzene rings is 2. The van der Waals surface area contributed by atoms with Crippen LogP contribution in [0.25, 0.3) is 5.57 Å². The normalized spacial score (nSPS) is 16.1. The molecule has 8 heteroatoms. The van der Waals surface area contributed by atoms with Gasteiger partial charge in [0.1, 0.15) is 11.6 Å². The van der Waals surface area contributed by atoms with Crippen molar-refractivity contribution in [2.45, 2.75) is 61.5 Å². The summed E-state index contributed by atoms with van der Waals surface area (Å²) in [6.45, 7) is 6.08. The molecule has 0 bridgehead atoms. The van der Waals surface area contributed by atoms with Gasteiger partial charge in [0, 0.05) is 22.9 Å². The largest absolute Gasteiger partial charge is 0.480 e. The van der Waals surface area contributed by atoms with Crippen molar-refractivity contribution < 1.29 is 24.2 Å². The summed E-state index contributed by atoms with van der Waals surface area (Å²) < 4.78 is 5.14. The molecule has 184 valence electrons. The minimum atomic E-state index is -1.34. The lowest BCUT2D eigenvalue weighted by Gasteiger charge is -2.32. The molecule has 1 atom stereocenters. The van der Waals surface area contributed by atoms with E-state index in [-0.39, 0.29) is 12.3 Å². The molecule has 2 aromatic rings. The summed E-state index contributed by atoms with van der Waals surface area (Å²) in [5.41, 5.74) is 4.23. The number of hydrogen-bond donors (Lipinski definition) is 2. The molecule has 0 spiro atoms. The molecule has 2 N–H and O–H groups in total. The molecule has 0 aromatic heterocycles. The molecular weight excluding hydrogens is 464 g/mol. The van der Waals surface area contributed by atoms with Crippen LogP contribution >= 0.6 is 11.8 Å². The summed E-state index contributed by atoms with van der Waals surface area (Å²) in [7, 11) is 0. The van der Waals surface area contributed by atoms with Crippen molar-refractivity contribution in [2.75, 3.05) is 13.1 Å². The molecule has 7 nitrogen and oxygen atoms in total. The zero-order chi connectivity index (χ0) is 25.2. The van der Waals surface area contributed by atoms with E-state index in [1.807, 2.05) is 12.1 Å². The summed E-state index contributed by atoms with van der Waals surface area (Å²) in [4.78, 5) is 40.7. The van der Waals surface area contributed by atoms with Gasteiger partial charge in [-0.15, -0.1) is 0 Å². The van der Waals surface area contributed by atoms with Gasteiger partial charge in [0.05, 0.1) is 6.42 Å². The van der Waals surface area contributed by atoms with E-state index in [1.165, 1.54) is 32.1 Å². The average molecular weight is 495 g/mol. The van der Waals surface area contributed by atoms with Crippen LogP contribution in [-0.2, 0) is 14.3 Å². The van der Waals surface area contributed by atoms with Crippen molar-refractivity contribution in [3.63, 3.8) is 0 Å². The number of ether oxygens (including phenoxy) is 1. The monoisotopic (exact) mass is 494 g/mol. The van der Waals surface area contributed by atoms with Crippen LogP contribution in [-0.4, -0.2) is 52.7 Å². The molecule has 2 aliphatic rings. The molecule has 35 heavy (non-hydrogen) atoms. The molecule has 2 heterocycles. The van der Waals surface area contributed by atoms with Gasteiger partial charge in [0.15, 0.2) is 0 Å². The first-order valence-electron chi connectivity index (χ1n) is 11.7. The lowest BCUT2D eigenvalue weighted by atomic mass is 9.88. The zero-order valence-electron chi connectivity index (χ0n) is 20.2.